The van der Waals surface area contributed by atoms with E-state index in [9.17, 15) is 4.79 Å². The summed E-state index contributed by atoms with van der Waals surface area (Å²) < 4.78 is 1.14. The number of quaternary nitrogens is 1. The van der Waals surface area contributed by atoms with Crippen LogP contribution in [0, 0.1) is 0 Å². The van der Waals surface area contributed by atoms with Gasteiger partial charge in [0.2, 0.25) is 0 Å². The molecule has 2 atom stereocenters. The number of halogens is 1. The second kappa shape index (κ2) is 6.52. The number of carbonyl (C=O) groups is 1. The summed E-state index contributed by atoms with van der Waals surface area (Å²) in [6.45, 7) is 6.81. The summed E-state index contributed by atoms with van der Waals surface area (Å²) in [4.78, 5) is 14.3. The molecule has 0 fully saturated rings. The number of rotatable bonds is 5. The zero-order valence-corrected chi connectivity index (χ0v) is 13.1. The first-order valence-electron chi connectivity index (χ1n) is 5.77. The summed E-state index contributed by atoms with van der Waals surface area (Å²) in [5.41, 5.74) is 0. The van der Waals surface area contributed by atoms with E-state index in [-0.39, 0.29) is 18.0 Å². The monoisotopic (exact) mass is 319 g/mol. The van der Waals surface area contributed by atoms with Crippen molar-refractivity contribution in [2.45, 2.75) is 39.4 Å². The summed E-state index contributed by atoms with van der Waals surface area (Å²) in [6, 6.07) is 4.32. The highest BCUT2D eigenvalue weighted by Gasteiger charge is 2.22. The van der Waals surface area contributed by atoms with Gasteiger partial charge in [0.15, 0.2) is 6.04 Å². The number of amides is 1. The van der Waals surface area contributed by atoms with E-state index in [1.54, 1.807) is 11.3 Å². The van der Waals surface area contributed by atoms with Gasteiger partial charge in [0.05, 0.1) is 15.7 Å². The Labute approximate surface area is 115 Å². The van der Waals surface area contributed by atoms with Gasteiger partial charge in [-0.3, -0.25) is 4.79 Å². The first kappa shape index (κ1) is 14.7. The highest BCUT2D eigenvalue weighted by Crippen LogP contribution is 2.21. The molecule has 0 bridgehead atoms. The SMILES string of the molecule is CC(C)NC(=O)[C@H](C)[NH+](C)Cc1ccc(Br)s1. The quantitative estimate of drug-likeness (QED) is 0.846. The number of nitrogens with one attached hydrogen (secondary N) is 2. The maximum absolute atomic E-state index is 11.9. The summed E-state index contributed by atoms with van der Waals surface area (Å²) >= 11 is 5.17. The molecule has 17 heavy (non-hydrogen) atoms. The van der Waals surface area contributed by atoms with Gasteiger partial charge in [0.1, 0.15) is 6.54 Å². The number of hydrogen-bond acceptors (Lipinski definition) is 2. The Balaban J connectivity index is 2.52. The van der Waals surface area contributed by atoms with Crippen molar-refractivity contribution in [3.8, 4) is 0 Å². The fraction of sp³-hybridized carbons (Fsp3) is 0.583. The zero-order chi connectivity index (χ0) is 13.0. The molecule has 0 radical (unpaired) electrons. The predicted octanol–water partition coefficient (Wildman–Crippen LogP) is 1.44. The van der Waals surface area contributed by atoms with Gasteiger partial charge in [0.25, 0.3) is 5.91 Å². The van der Waals surface area contributed by atoms with Crippen LogP contribution >= 0.6 is 27.3 Å². The summed E-state index contributed by atoms with van der Waals surface area (Å²) in [7, 11) is 2.05. The van der Waals surface area contributed by atoms with Crippen molar-refractivity contribution in [1.82, 2.24) is 5.32 Å². The molecule has 3 nitrogen and oxygen atoms in total. The topological polar surface area (TPSA) is 33.5 Å². The van der Waals surface area contributed by atoms with E-state index in [1.807, 2.05) is 26.8 Å². The van der Waals surface area contributed by atoms with E-state index in [0.29, 0.717) is 0 Å². The fourth-order valence-electron chi connectivity index (χ4n) is 1.51. The van der Waals surface area contributed by atoms with Crippen molar-refractivity contribution >= 4 is 33.2 Å². The third-order valence-corrected chi connectivity index (χ3v) is 4.27. The molecule has 0 aromatic carbocycles. The summed E-state index contributed by atoms with van der Waals surface area (Å²) in [5, 5.41) is 2.95. The number of thiophene rings is 1. The van der Waals surface area contributed by atoms with Gasteiger partial charge >= 0.3 is 0 Å². The molecule has 0 saturated heterocycles. The van der Waals surface area contributed by atoms with Crippen LogP contribution in [0.4, 0.5) is 0 Å². The molecule has 0 aliphatic heterocycles. The van der Waals surface area contributed by atoms with Crippen LogP contribution in [-0.2, 0) is 11.3 Å². The molecule has 1 heterocycles. The third-order valence-electron chi connectivity index (χ3n) is 2.65. The van der Waals surface area contributed by atoms with E-state index < -0.39 is 0 Å². The van der Waals surface area contributed by atoms with Gasteiger partial charge in [-0.2, -0.15) is 0 Å². The average Bonchev–Trinajstić information content (AvgIpc) is 2.61. The van der Waals surface area contributed by atoms with Crippen molar-refractivity contribution in [2.75, 3.05) is 7.05 Å². The molecule has 0 spiro atoms. The van der Waals surface area contributed by atoms with E-state index in [0.717, 1.165) is 10.3 Å². The van der Waals surface area contributed by atoms with Crippen molar-refractivity contribution in [2.24, 2.45) is 0 Å². The smallest absolute Gasteiger partial charge is 0.278 e. The van der Waals surface area contributed by atoms with Crippen molar-refractivity contribution in [1.29, 1.82) is 0 Å². The molecular weight excluding hydrogens is 300 g/mol. The van der Waals surface area contributed by atoms with E-state index in [2.05, 4.69) is 34.4 Å². The molecule has 1 aromatic rings. The first-order chi connectivity index (χ1) is 7.90. The Morgan fingerprint density at radius 1 is 1.47 bits per heavy atom. The van der Waals surface area contributed by atoms with Gasteiger partial charge in [-0.1, -0.05) is 0 Å². The lowest BCUT2D eigenvalue weighted by atomic mass is 10.2. The minimum atomic E-state index is -0.0294. The maximum Gasteiger partial charge on any atom is 0.278 e. The van der Waals surface area contributed by atoms with Crippen LogP contribution in [-0.4, -0.2) is 25.0 Å². The summed E-state index contributed by atoms with van der Waals surface area (Å²) in [6.07, 6.45) is 0. The minimum absolute atomic E-state index is 0.0294. The van der Waals surface area contributed by atoms with Crippen LogP contribution in [0.1, 0.15) is 25.6 Å². The molecular formula is C12H20BrN2OS+. The molecule has 0 aliphatic carbocycles. The molecule has 1 amide bonds. The van der Waals surface area contributed by atoms with E-state index in [1.165, 1.54) is 9.78 Å². The second-order valence-electron chi connectivity index (χ2n) is 4.61. The Bertz CT molecular complexity index is 378. The maximum atomic E-state index is 11.9. The average molecular weight is 320 g/mol. The van der Waals surface area contributed by atoms with Gasteiger partial charge in [-0.15, -0.1) is 11.3 Å². The molecule has 96 valence electrons. The lowest BCUT2D eigenvalue weighted by molar-refractivity contribution is -0.907. The molecule has 2 N–H and O–H groups in total. The molecule has 1 unspecified atom stereocenters. The lowest BCUT2D eigenvalue weighted by Crippen LogP contribution is -3.12. The van der Waals surface area contributed by atoms with Gasteiger partial charge in [-0.05, 0) is 48.8 Å². The fourth-order valence-corrected chi connectivity index (χ4v) is 3.09. The highest BCUT2D eigenvalue weighted by molar-refractivity contribution is 9.11. The zero-order valence-electron chi connectivity index (χ0n) is 10.7. The van der Waals surface area contributed by atoms with Crippen LogP contribution in [0.5, 0.6) is 0 Å². The molecule has 1 rings (SSSR count). The van der Waals surface area contributed by atoms with Crippen molar-refractivity contribution in [3.63, 3.8) is 0 Å². The number of likely N-dealkylation sites (N-methyl/N-ethyl adjacent to an activating group) is 1. The lowest BCUT2D eigenvalue weighted by Gasteiger charge is -2.21. The third kappa shape index (κ3) is 4.77. The van der Waals surface area contributed by atoms with E-state index in [4.69, 9.17) is 0 Å². The second-order valence-corrected chi connectivity index (χ2v) is 7.16. The molecule has 0 aliphatic rings. The number of hydrogen-bond donors (Lipinski definition) is 2. The minimum Gasteiger partial charge on any atom is -0.349 e. The summed E-state index contributed by atoms with van der Waals surface area (Å²) in [5.74, 6) is 0.119. The van der Waals surface area contributed by atoms with Gasteiger partial charge in [-0.25, -0.2) is 0 Å². The van der Waals surface area contributed by atoms with Crippen molar-refractivity contribution < 1.29 is 9.69 Å². The molecule has 5 heteroatoms. The Hall–Kier alpha value is -0.390. The van der Waals surface area contributed by atoms with Gasteiger partial charge < -0.3 is 10.2 Å². The highest BCUT2D eigenvalue weighted by atomic mass is 79.9. The van der Waals surface area contributed by atoms with Crippen LogP contribution in [0.3, 0.4) is 0 Å². The number of carbonyl (C=O) groups excluding carboxylic acids is 1. The normalized spacial score (nSPS) is 14.7. The largest absolute Gasteiger partial charge is 0.349 e. The van der Waals surface area contributed by atoms with Crippen LogP contribution in [0.15, 0.2) is 15.9 Å². The molecule has 1 aromatic heterocycles. The standard InChI is InChI=1S/C12H19BrN2OS/c1-8(2)14-12(16)9(3)15(4)7-10-5-6-11(13)17-10/h5-6,8-9H,7H2,1-4H3,(H,14,16)/p+1/t9-/m0/s1. The Morgan fingerprint density at radius 3 is 2.59 bits per heavy atom. The Morgan fingerprint density at radius 2 is 2.12 bits per heavy atom. The van der Waals surface area contributed by atoms with E-state index >= 15 is 0 Å². The first-order valence-corrected chi connectivity index (χ1v) is 7.38. The van der Waals surface area contributed by atoms with Crippen LogP contribution in [0.25, 0.3) is 0 Å². The van der Waals surface area contributed by atoms with Crippen LogP contribution < -0.4 is 10.2 Å². The van der Waals surface area contributed by atoms with Gasteiger partial charge in [0, 0.05) is 6.04 Å². The molecule has 0 saturated carbocycles. The van der Waals surface area contributed by atoms with Crippen LogP contribution in [0.2, 0.25) is 0 Å². The Kier molecular flexibility index (Phi) is 5.62. The predicted molar refractivity (Wildman–Crippen MR) is 75.4 cm³/mol. The van der Waals surface area contributed by atoms with Crippen molar-refractivity contribution in [3.05, 3.63) is 20.8 Å².